The first-order chi connectivity index (χ1) is 9.65. The molecule has 0 amide bonds. The van der Waals surface area contributed by atoms with Gasteiger partial charge in [0.15, 0.2) is 0 Å². The average molecular weight is 277 g/mol. The summed E-state index contributed by atoms with van der Waals surface area (Å²) < 4.78 is 3.88. The maximum atomic E-state index is 10.4. The highest BCUT2D eigenvalue weighted by atomic mass is 16.4. The van der Waals surface area contributed by atoms with Crippen LogP contribution in [0, 0.1) is 6.92 Å². The van der Waals surface area contributed by atoms with Crippen molar-refractivity contribution in [3.05, 3.63) is 30.1 Å². The summed E-state index contributed by atoms with van der Waals surface area (Å²) in [4.78, 5) is 14.6. The van der Waals surface area contributed by atoms with Gasteiger partial charge in [0.25, 0.3) is 0 Å². The average Bonchev–Trinajstić information content (AvgIpc) is 3.01. The molecule has 0 saturated carbocycles. The van der Waals surface area contributed by atoms with Gasteiger partial charge in [-0.05, 0) is 26.2 Å². The molecule has 2 rings (SSSR count). The van der Waals surface area contributed by atoms with E-state index in [4.69, 9.17) is 5.11 Å². The van der Waals surface area contributed by atoms with Crippen LogP contribution >= 0.6 is 0 Å². The topological polar surface area (TPSA) is 85.8 Å². The van der Waals surface area contributed by atoms with Crippen molar-refractivity contribution in [1.29, 1.82) is 0 Å². The van der Waals surface area contributed by atoms with Crippen molar-refractivity contribution in [1.82, 2.24) is 24.5 Å². The third-order valence-electron chi connectivity index (χ3n) is 3.15. The van der Waals surface area contributed by atoms with E-state index in [1.807, 2.05) is 24.0 Å². The van der Waals surface area contributed by atoms with Crippen molar-refractivity contribution in [3.63, 3.8) is 0 Å². The second kappa shape index (κ2) is 6.83. The maximum Gasteiger partial charge on any atom is 0.303 e. The van der Waals surface area contributed by atoms with E-state index in [1.54, 1.807) is 6.20 Å². The van der Waals surface area contributed by atoms with Gasteiger partial charge in [-0.2, -0.15) is 0 Å². The van der Waals surface area contributed by atoms with Gasteiger partial charge in [0.1, 0.15) is 5.82 Å². The van der Waals surface area contributed by atoms with E-state index >= 15 is 0 Å². The molecular formula is C13H19N5O2. The summed E-state index contributed by atoms with van der Waals surface area (Å²) in [6.07, 6.45) is 8.14. The fourth-order valence-electron chi connectivity index (χ4n) is 1.99. The molecule has 2 heterocycles. The Balaban J connectivity index is 1.74. The monoisotopic (exact) mass is 277 g/mol. The van der Waals surface area contributed by atoms with Crippen molar-refractivity contribution in [2.75, 3.05) is 0 Å². The lowest BCUT2D eigenvalue weighted by molar-refractivity contribution is -0.137. The van der Waals surface area contributed by atoms with Gasteiger partial charge in [0, 0.05) is 31.6 Å². The minimum Gasteiger partial charge on any atom is -0.481 e. The molecule has 0 radical (unpaired) electrons. The van der Waals surface area contributed by atoms with E-state index in [0.29, 0.717) is 6.42 Å². The van der Waals surface area contributed by atoms with Crippen molar-refractivity contribution in [3.8, 4) is 0 Å². The number of rotatable bonds is 8. The highest BCUT2D eigenvalue weighted by molar-refractivity contribution is 5.66. The number of imidazole rings is 1. The van der Waals surface area contributed by atoms with Crippen LogP contribution in [0.4, 0.5) is 0 Å². The zero-order valence-corrected chi connectivity index (χ0v) is 11.6. The van der Waals surface area contributed by atoms with Gasteiger partial charge in [-0.1, -0.05) is 5.21 Å². The van der Waals surface area contributed by atoms with Gasteiger partial charge >= 0.3 is 5.97 Å². The molecule has 108 valence electrons. The predicted molar refractivity (Wildman–Crippen MR) is 72.2 cm³/mol. The summed E-state index contributed by atoms with van der Waals surface area (Å²) in [5.74, 6) is 0.239. The zero-order chi connectivity index (χ0) is 14.4. The smallest absolute Gasteiger partial charge is 0.303 e. The Bertz CT molecular complexity index is 561. The molecule has 0 aromatic carbocycles. The first-order valence-electron chi connectivity index (χ1n) is 6.73. The maximum absolute atomic E-state index is 10.4. The first kappa shape index (κ1) is 14.2. The number of aliphatic carboxylic acids is 1. The number of unbranched alkanes of at least 4 members (excludes halogenated alkanes) is 1. The van der Waals surface area contributed by atoms with Gasteiger partial charge in [-0.15, -0.1) is 5.10 Å². The predicted octanol–water partition coefficient (Wildman–Crippen LogP) is 1.28. The standard InChI is InChI=1S/C13H19N5O2/c1-11-14-6-7-17(11)8-9-18-10-12(15-16-18)4-2-3-5-13(19)20/h6-7,10H,2-5,8-9H2,1H3,(H,19,20). The third kappa shape index (κ3) is 4.18. The quantitative estimate of drug-likeness (QED) is 0.735. The van der Waals surface area contributed by atoms with E-state index in [2.05, 4.69) is 19.9 Å². The molecule has 0 fully saturated rings. The number of hydrogen-bond acceptors (Lipinski definition) is 4. The second-order valence-corrected chi connectivity index (χ2v) is 4.74. The Morgan fingerprint density at radius 2 is 2.20 bits per heavy atom. The molecule has 1 N–H and O–H groups in total. The van der Waals surface area contributed by atoms with Crippen molar-refractivity contribution in [2.45, 2.75) is 45.7 Å². The summed E-state index contributed by atoms with van der Waals surface area (Å²) in [7, 11) is 0. The molecule has 0 unspecified atom stereocenters. The van der Waals surface area contributed by atoms with Crippen LogP contribution in [0.5, 0.6) is 0 Å². The van der Waals surface area contributed by atoms with Crippen LogP contribution in [-0.2, 0) is 24.3 Å². The van der Waals surface area contributed by atoms with E-state index in [-0.39, 0.29) is 6.42 Å². The molecule has 20 heavy (non-hydrogen) atoms. The molecule has 0 aliphatic carbocycles. The number of carboxylic acid groups (broad SMARTS) is 1. The molecule has 0 aliphatic heterocycles. The number of hydrogen-bond donors (Lipinski definition) is 1. The molecule has 0 saturated heterocycles. The molecule has 2 aromatic rings. The number of aromatic nitrogens is 5. The Kier molecular flexibility index (Phi) is 4.86. The number of nitrogens with zero attached hydrogens (tertiary/aromatic N) is 5. The van der Waals surface area contributed by atoms with Gasteiger partial charge in [0.05, 0.1) is 12.2 Å². The van der Waals surface area contributed by atoms with Gasteiger partial charge < -0.3 is 9.67 Å². The molecule has 0 spiro atoms. The van der Waals surface area contributed by atoms with Crippen LogP contribution in [0.15, 0.2) is 18.6 Å². The van der Waals surface area contributed by atoms with Crippen LogP contribution in [0.1, 0.15) is 30.8 Å². The second-order valence-electron chi connectivity index (χ2n) is 4.74. The normalized spacial score (nSPS) is 10.8. The van der Waals surface area contributed by atoms with Gasteiger partial charge in [-0.3, -0.25) is 9.48 Å². The fourth-order valence-corrected chi connectivity index (χ4v) is 1.99. The van der Waals surface area contributed by atoms with Crippen LogP contribution in [0.2, 0.25) is 0 Å². The van der Waals surface area contributed by atoms with Crippen molar-refractivity contribution < 1.29 is 9.90 Å². The van der Waals surface area contributed by atoms with Crippen molar-refractivity contribution in [2.24, 2.45) is 0 Å². The third-order valence-corrected chi connectivity index (χ3v) is 3.15. The zero-order valence-electron chi connectivity index (χ0n) is 11.6. The lowest BCUT2D eigenvalue weighted by Crippen LogP contribution is -2.08. The Labute approximate surface area is 117 Å². The molecule has 0 atom stereocenters. The molecule has 2 aromatic heterocycles. The van der Waals surface area contributed by atoms with Crippen LogP contribution < -0.4 is 0 Å². The minimum absolute atomic E-state index is 0.216. The summed E-state index contributed by atoms with van der Waals surface area (Å²) in [5, 5.41) is 16.7. The Morgan fingerprint density at radius 3 is 2.90 bits per heavy atom. The van der Waals surface area contributed by atoms with E-state index in [1.165, 1.54) is 0 Å². The van der Waals surface area contributed by atoms with Crippen molar-refractivity contribution >= 4 is 5.97 Å². The Morgan fingerprint density at radius 1 is 1.35 bits per heavy atom. The van der Waals surface area contributed by atoms with Gasteiger partial charge in [-0.25, -0.2) is 4.98 Å². The molecule has 7 heteroatoms. The number of aryl methyl sites for hydroxylation is 4. The number of carbonyl (C=O) groups is 1. The molecule has 0 bridgehead atoms. The molecule has 0 aliphatic rings. The largest absolute Gasteiger partial charge is 0.481 e. The summed E-state index contributed by atoms with van der Waals surface area (Å²) in [5.41, 5.74) is 0.915. The van der Waals surface area contributed by atoms with E-state index in [0.717, 1.165) is 37.4 Å². The van der Waals surface area contributed by atoms with Gasteiger partial charge in [0.2, 0.25) is 0 Å². The highest BCUT2D eigenvalue weighted by Crippen LogP contribution is 2.04. The fraction of sp³-hybridized carbons (Fsp3) is 0.538. The van der Waals surface area contributed by atoms with Crippen LogP contribution in [0.3, 0.4) is 0 Å². The van der Waals surface area contributed by atoms with Crippen LogP contribution in [0.25, 0.3) is 0 Å². The molecule has 7 nitrogen and oxygen atoms in total. The summed E-state index contributed by atoms with van der Waals surface area (Å²) in [6.45, 7) is 3.53. The minimum atomic E-state index is -0.746. The SMILES string of the molecule is Cc1nccn1CCn1cc(CCCCC(=O)O)nn1. The lowest BCUT2D eigenvalue weighted by Gasteiger charge is -2.03. The van der Waals surface area contributed by atoms with E-state index in [9.17, 15) is 4.79 Å². The summed E-state index contributed by atoms with van der Waals surface area (Å²) >= 11 is 0. The first-order valence-corrected chi connectivity index (χ1v) is 6.73. The number of carboxylic acids is 1. The summed E-state index contributed by atoms with van der Waals surface area (Å²) in [6, 6.07) is 0. The lowest BCUT2D eigenvalue weighted by atomic mass is 10.1. The molecular weight excluding hydrogens is 258 g/mol. The highest BCUT2D eigenvalue weighted by Gasteiger charge is 2.03. The Hall–Kier alpha value is -2.18. The van der Waals surface area contributed by atoms with Crippen LogP contribution in [-0.4, -0.2) is 35.6 Å². The van der Waals surface area contributed by atoms with E-state index < -0.39 is 5.97 Å².